The third kappa shape index (κ3) is 4.87. The molecule has 3 aromatic carbocycles. The van der Waals surface area contributed by atoms with Gasteiger partial charge in [-0.2, -0.15) is 0 Å². The fourth-order valence-corrected chi connectivity index (χ4v) is 6.58. The summed E-state index contributed by atoms with van der Waals surface area (Å²) in [6, 6.07) is 15.6. The van der Waals surface area contributed by atoms with E-state index in [1.165, 1.54) is 16.2 Å². The number of rotatable bonds is 8. The summed E-state index contributed by atoms with van der Waals surface area (Å²) >= 11 is 1.33. The summed E-state index contributed by atoms with van der Waals surface area (Å²) in [5.74, 6) is 0.0113. The average Bonchev–Trinajstić information content (AvgIpc) is 3.64. The fraction of sp³-hybridized carbons (Fsp3) is 0.303. The highest BCUT2D eigenvalue weighted by Crippen LogP contribution is 2.46. The lowest BCUT2D eigenvalue weighted by Crippen LogP contribution is -2.29. The van der Waals surface area contributed by atoms with Gasteiger partial charge < -0.3 is 19.3 Å². The number of ether oxygens (including phenoxy) is 3. The maximum Gasteiger partial charge on any atom is 0.301 e. The number of nitrogens with zero attached hydrogens (tertiary/aromatic N) is 2. The fourth-order valence-electron chi connectivity index (χ4n) is 5.49. The number of Topliss-reactive ketones (excluding diaryl/α,β-unsaturated/α-hetero) is 1. The summed E-state index contributed by atoms with van der Waals surface area (Å²) in [7, 11) is 1.55. The van der Waals surface area contributed by atoms with Crippen molar-refractivity contribution >= 4 is 44.1 Å². The predicted molar refractivity (Wildman–Crippen MR) is 163 cm³/mol. The number of fused-ring (bicyclic) bond motifs is 2. The number of thiazole rings is 1. The van der Waals surface area contributed by atoms with Gasteiger partial charge in [0.1, 0.15) is 17.6 Å². The van der Waals surface area contributed by atoms with E-state index in [0.29, 0.717) is 40.8 Å². The van der Waals surface area contributed by atoms with Gasteiger partial charge in [0, 0.05) is 12.0 Å². The number of ketones is 1. The van der Waals surface area contributed by atoms with Crippen LogP contribution < -0.4 is 19.1 Å². The molecule has 4 aromatic rings. The first-order valence-corrected chi connectivity index (χ1v) is 14.9. The first kappa shape index (κ1) is 27.8. The Balaban J connectivity index is 1.51. The quantitative estimate of drug-likeness (QED) is 0.106. The van der Waals surface area contributed by atoms with Crippen LogP contribution in [0.4, 0.5) is 5.13 Å². The monoisotopic (exact) mass is 584 g/mol. The number of anilines is 1. The Morgan fingerprint density at radius 1 is 1.12 bits per heavy atom. The second-order valence-electron chi connectivity index (χ2n) is 10.7. The molecule has 1 N–H and O–H groups in total. The standard InChI is InChI=1S/C33H32N2O6S/c1-5-6-13-40-25-12-8-20(17-26(25)39-4)29-28(30(36)21-9-11-24-22(16-21)15-19(3)41-24)31(37)32(38)35(29)33-34-23-10-7-18(2)14-27(23)42-33/h7-12,14,16-17,19,29,36H,5-6,13,15H2,1-4H3/t19-,29-/m0/s1. The topological polar surface area (TPSA) is 98.2 Å². The smallest absolute Gasteiger partial charge is 0.301 e. The lowest BCUT2D eigenvalue weighted by atomic mass is 9.94. The molecule has 42 heavy (non-hydrogen) atoms. The Labute approximate surface area is 248 Å². The van der Waals surface area contributed by atoms with E-state index >= 15 is 0 Å². The highest BCUT2D eigenvalue weighted by Gasteiger charge is 2.48. The van der Waals surface area contributed by atoms with Gasteiger partial charge in [0.05, 0.1) is 35.5 Å². The van der Waals surface area contributed by atoms with Crippen molar-refractivity contribution in [1.82, 2.24) is 4.98 Å². The van der Waals surface area contributed by atoms with Crippen molar-refractivity contribution in [2.75, 3.05) is 18.6 Å². The van der Waals surface area contributed by atoms with E-state index in [1.807, 2.05) is 38.1 Å². The van der Waals surface area contributed by atoms with Crippen LogP contribution in [0.25, 0.3) is 16.0 Å². The molecule has 0 aliphatic carbocycles. The van der Waals surface area contributed by atoms with Crippen molar-refractivity contribution in [3.8, 4) is 17.2 Å². The summed E-state index contributed by atoms with van der Waals surface area (Å²) in [4.78, 5) is 33.6. The van der Waals surface area contributed by atoms with Crippen molar-refractivity contribution in [2.45, 2.75) is 52.2 Å². The molecule has 1 fully saturated rings. The Morgan fingerprint density at radius 3 is 2.74 bits per heavy atom. The molecule has 0 saturated carbocycles. The Hall–Kier alpha value is -4.37. The Morgan fingerprint density at radius 2 is 1.95 bits per heavy atom. The number of carbonyl (C=O) groups is 2. The van der Waals surface area contributed by atoms with E-state index in [1.54, 1.807) is 37.4 Å². The molecule has 1 amide bonds. The van der Waals surface area contributed by atoms with Crippen LogP contribution in [-0.2, 0) is 16.0 Å². The highest BCUT2D eigenvalue weighted by atomic mass is 32.1. The first-order chi connectivity index (χ1) is 20.3. The molecular formula is C33H32N2O6S. The van der Waals surface area contributed by atoms with Crippen molar-refractivity contribution in [3.05, 3.63) is 82.4 Å². The van der Waals surface area contributed by atoms with Crippen LogP contribution in [0.3, 0.4) is 0 Å². The second kappa shape index (κ2) is 11.1. The Bertz CT molecular complexity index is 1740. The van der Waals surface area contributed by atoms with Gasteiger partial charge in [-0.15, -0.1) is 0 Å². The number of aliphatic hydroxyl groups is 1. The molecule has 8 nitrogen and oxygen atoms in total. The zero-order valence-corrected chi connectivity index (χ0v) is 24.8. The van der Waals surface area contributed by atoms with E-state index < -0.39 is 17.7 Å². The van der Waals surface area contributed by atoms with Crippen LogP contribution in [0.5, 0.6) is 17.2 Å². The van der Waals surface area contributed by atoms with Crippen molar-refractivity contribution in [3.63, 3.8) is 0 Å². The lowest BCUT2D eigenvalue weighted by Gasteiger charge is -2.24. The number of aryl methyl sites for hydroxylation is 1. The van der Waals surface area contributed by atoms with Crippen LogP contribution >= 0.6 is 11.3 Å². The van der Waals surface area contributed by atoms with E-state index in [2.05, 4.69) is 6.92 Å². The van der Waals surface area contributed by atoms with Crippen molar-refractivity contribution in [2.24, 2.45) is 0 Å². The van der Waals surface area contributed by atoms with Crippen LogP contribution in [0.1, 0.15) is 55.0 Å². The van der Waals surface area contributed by atoms with Gasteiger partial charge in [-0.1, -0.05) is 36.8 Å². The Kier molecular flexibility index (Phi) is 7.36. The molecule has 0 bridgehead atoms. The first-order valence-electron chi connectivity index (χ1n) is 14.1. The van der Waals surface area contributed by atoms with E-state index in [4.69, 9.17) is 19.2 Å². The summed E-state index contributed by atoms with van der Waals surface area (Å²) < 4.78 is 18.3. The summed E-state index contributed by atoms with van der Waals surface area (Å²) in [6.45, 7) is 6.60. The number of carbonyl (C=O) groups excluding carboxylic acids is 2. The minimum atomic E-state index is -0.936. The molecule has 1 saturated heterocycles. The van der Waals surface area contributed by atoms with Crippen LogP contribution in [-0.4, -0.2) is 41.6 Å². The average molecular weight is 585 g/mol. The third-order valence-corrected chi connectivity index (χ3v) is 8.63. The molecular weight excluding hydrogens is 552 g/mol. The lowest BCUT2D eigenvalue weighted by molar-refractivity contribution is -0.132. The summed E-state index contributed by atoms with van der Waals surface area (Å²) in [5, 5.41) is 12.0. The number of benzene rings is 3. The van der Waals surface area contributed by atoms with Gasteiger partial charge >= 0.3 is 5.91 Å². The number of methoxy groups -OCH3 is 1. The number of amides is 1. The SMILES string of the molecule is CCCCOc1ccc([C@H]2C(=C(O)c3ccc4c(c3)C[C@H](C)O4)C(=O)C(=O)N2c2nc3ccc(C)cc3s2)cc1OC. The molecule has 2 aliphatic rings. The highest BCUT2D eigenvalue weighted by molar-refractivity contribution is 7.22. The molecule has 1 aromatic heterocycles. The number of hydrogen-bond donors (Lipinski definition) is 1. The van der Waals surface area contributed by atoms with Gasteiger partial charge in [0.15, 0.2) is 16.6 Å². The van der Waals surface area contributed by atoms with Crippen LogP contribution in [0, 0.1) is 6.92 Å². The largest absolute Gasteiger partial charge is 0.507 e. The van der Waals surface area contributed by atoms with E-state index in [9.17, 15) is 14.7 Å². The molecule has 9 heteroatoms. The van der Waals surface area contributed by atoms with Gasteiger partial charge in [0.25, 0.3) is 5.78 Å². The molecule has 6 rings (SSSR count). The van der Waals surface area contributed by atoms with E-state index in [-0.39, 0.29) is 17.4 Å². The summed E-state index contributed by atoms with van der Waals surface area (Å²) in [6.07, 6.45) is 2.60. The van der Waals surface area contributed by atoms with Gasteiger partial charge in [-0.3, -0.25) is 14.5 Å². The molecule has 3 heterocycles. The molecule has 2 atom stereocenters. The predicted octanol–water partition coefficient (Wildman–Crippen LogP) is 6.74. The molecule has 2 aliphatic heterocycles. The number of aliphatic hydroxyl groups excluding tert-OH is 1. The molecule has 216 valence electrons. The minimum Gasteiger partial charge on any atom is -0.507 e. The normalized spacial score (nSPS) is 19.3. The van der Waals surface area contributed by atoms with Gasteiger partial charge in [-0.25, -0.2) is 4.98 Å². The molecule has 0 spiro atoms. The van der Waals surface area contributed by atoms with Gasteiger partial charge in [-0.05, 0) is 79.4 Å². The number of hydrogen-bond acceptors (Lipinski definition) is 8. The number of aromatic nitrogens is 1. The zero-order valence-electron chi connectivity index (χ0n) is 24.0. The van der Waals surface area contributed by atoms with Crippen molar-refractivity contribution < 1.29 is 28.9 Å². The number of unbranched alkanes of at least 4 members (excludes halogenated alkanes) is 1. The van der Waals surface area contributed by atoms with E-state index in [0.717, 1.165) is 39.9 Å². The van der Waals surface area contributed by atoms with Crippen LogP contribution in [0.2, 0.25) is 0 Å². The molecule has 0 radical (unpaired) electrons. The summed E-state index contributed by atoms with van der Waals surface area (Å²) in [5.41, 5.74) is 3.75. The third-order valence-electron chi connectivity index (χ3n) is 7.61. The minimum absolute atomic E-state index is 0.0101. The van der Waals surface area contributed by atoms with Crippen LogP contribution in [0.15, 0.2) is 60.2 Å². The second-order valence-corrected chi connectivity index (χ2v) is 11.7. The van der Waals surface area contributed by atoms with Gasteiger partial charge in [0.2, 0.25) is 0 Å². The zero-order chi connectivity index (χ0) is 29.5. The maximum atomic E-state index is 13.7. The maximum absolute atomic E-state index is 13.7. The van der Waals surface area contributed by atoms with Crippen molar-refractivity contribution in [1.29, 1.82) is 0 Å². The molecule has 0 unspecified atom stereocenters.